The molecule has 6 nitrogen and oxygen atoms in total. The van der Waals surface area contributed by atoms with Gasteiger partial charge < -0.3 is 21.7 Å². The fraction of sp³-hybridized carbons (Fsp3) is 0.542. The summed E-state index contributed by atoms with van der Waals surface area (Å²) in [6.45, 7) is 6.48. The minimum atomic E-state index is -0.0706. The van der Waals surface area contributed by atoms with Gasteiger partial charge in [0, 0.05) is 29.8 Å². The molecular weight excluding hydrogens is 372 g/mol. The monoisotopic (exact) mass is 406 g/mol. The van der Waals surface area contributed by atoms with Gasteiger partial charge in [0.1, 0.15) is 5.84 Å². The highest BCUT2D eigenvalue weighted by atomic mass is 15.2. The third kappa shape index (κ3) is 3.69. The van der Waals surface area contributed by atoms with E-state index in [2.05, 4.69) is 63.1 Å². The third-order valence-corrected chi connectivity index (χ3v) is 7.03. The van der Waals surface area contributed by atoms with Crippen molar-refractivity contribution >= 4 is 5.84 Å². The second-order valence-electron chi connectivity index (χ2n) is 9.13. The number of hydrogen-bond donors (Lipinski definition) is 4. The minimum Gasteiger partial charge on any atom is -0.385 e. The van der Waals surface area contributed by atoms with Crippen molar-refractivity contribution in [2.75, 3.05) is 13.1 Å². The second-order valence-corrected chi connectivity index (χ2v) is 9.13. The molecule has 3 heterocycles. The predicted molar refractivity (Wildman–Crippen MR) is 122 cm³/mol. The SMILES string of the molecule is CCN(CC1=CC=C2NC(C3=C4NC(C)=NC4NC(N)=C3)CC2C1)C1C=CCCC1. The molecule has 30 heavy (non-hydrogen) atoms. The number of aliphatic imine (C=N–C) groups is 1. The lowest BCUT2D eigenvalue weighted by Gasteiger charge is -2.32. The summed E-state index contributed by atoms with van der Waals surface area (Å²) >= 11 is 0. The van der Waals surface area contributed by atoms with E-state index < -0.39 is 0 Å². The molecule has 4 unspecified atom stereocenters. The summed E-state index contributed by atoms with van der Waals surface area (Å²) in [5.41, 5.74) is 11.5. The second kappa shape index (κ2) is 7.99. The van der Waals surface area contributed by atoms with Crippen molar-refractivity contribution in [3.05, 3.63) is 58.7 Å². The number of nitrogens with one attached hydrogen (secondary N) is 3. The quantitative estimate of drug-likeness (QED) is 0.528. The van der Waals surface area contributed by atoms with E-state index in [0.29, 0.717) is 17.8 Å². The first-order chi connectivity index (χ1) is 14.6. The van der Waals surface area contributed by atoms with Gasteiger partial charge >= 0.3 is 0 Å². The van der Waals surface area contributed by atoms with Crippen LogP contribution in [-0.2, 0) is 0 Å². The molecule has 5 N–H and O–H groups in total. The van der Waals surface area contributed by atoms with Crippen LogP contribution in [0.4, 0.5) is 0 Å². The molecule has 0 aromatic carbocycles. The first-order valence-electron chi connectivity index (χ1n) is 11.5. The maximum Gasteiger partial charge on any atom is 0.163 e. The molecule has 5 rings (SSSR count). The van der Waals surface area contributed by atoms with Crippen LogP contribution in [0.5, 0.6) is 0 Å². The molecule has 0 radical (unpaired) electrons. The van der Waals surface area contributed by atoms with E-state index in [1.54, 1.807) is 5.57 Å². The Morgan fingerprint density at radius 3 is 2.97 bits per heavy atom. The topological polar surface area (TPSA) is 77.7 Å². The zero-order valence-corrected chi connectivity index (χ0v) is 18.1. The Bertz CT molecular complexity index is 889. The van der Waals surface area contributed by atoms with E-state index >= 15 is 0 Å². The van der Waals surface area contributed by atoms with E-state index in [0.717, 1.165) is 37.5 Å². The van der Waals surface area contributed by atoms with Gasteiger partial charge in [-0.1, -0.05) is 30.7 Å². The summed E-state index contributed by atoms with van der Waals surface area (Å²) in [4.78, 5) is 7.26. The molecule has 6 heteroatoms. The number of dihydropyridines is 1. The fourth-order valence-corrected chi connectivity index (χ4v) is 5.53. The van der Waals surface area contributed by atoms with Crippen molar-refractivity contribution in [2.24, 2.45) is 16.6 Å². The van der Waals surface area contributed by atoms with Gasteiger partial charge in [0.2, 0.25) is 0 Å². The molecule has 1 saturated heterocycles. The average molecular weight is 407 g/mol. The first-order valence-corrected chi connectivity index (χ1v) is 11.5. The number of likely N-dealkylation sites (N-methyl/N-ethyl adjacent to an activating group) is 1. The zero-order chi connectivity index (χ0) is 20.7. The number of hydrogen-bond acceptors (Lipinski definition) is 6. The third-order valence-electron chi connectivity index (χ3n) is 7.03. The lowest BCUT2D eigenvalue weighted by molar-refractivity contribution is 0.239. The van der Waals surface area contributed by atoms with Crippen molar-refractivity contribution in [3.8, 4) is 0 Å². The smallest absolute Gasteiger partial charge is 0.163 e. The number of nitrogens with zero attached hydrogens (tertiary/aromatic N) is 2. The molecule has 160 valence electrons. The Hall–Kier alpha value is -2.47. The summed E-state index contributed by atoms with van der Waals surface area (Å²) in [7, 11) is 0. The highest BCUT2D eigenvalue weighted by Gasteiger charge is 2.37. The van der Waals surface area contributed by atoms with Crippen LogP contribution >= 0.6 is 0 Å². The van der Waals surface area contributed by atoms with Crippen LogP contribution in [0.2, 0.25) is 0 Å². The molecule has 0 aromatic heterocycles. The Kier molecular flexibility index (Phi) is 5.19. The molecule has 0 saturated carbocycles. The minimum absolute atomic E-state index is 0.0706. The van der Waals surface area contributed by atoms with Crippen molar-refractivity contribution in [2.45, 2.75) is 64.2 Å². The lowest BCUT2D eigenvalue weighted by atomic mass is 9.88. The summed E-state index contributed by atoms with van der Waals surface area (Å²) in [5.74, 6) is 2.20. The van der Waals surface area contributed by atoms with Crippen molar-refractivity contribution in [1.82, 2.24) is 20.9 Å². The lowest BCUT2D eigenvalue weighted by Crippen LogP contribution is -2.40. The maximum atomic E-state index is 6.16. The molecular formula is C24H34N6. The number of nitrogens with two attached hydrogens (primary N) is 1. The average Bonchev–Trinajstić information content (AvgIpc) is 3.34. The van der Waals surface area contributed by atoms with Crippen molar-refractivity contribution < 1.29 is 0 Å². The van der Waals surface area contributed by atoms with Gasteiger partial charge in [-0.05, 0) is 57.7 Å². The largest absolute Gasteiger partial charge is 0.385 e. The van der Waals surface area contributed by atoms with Gasteiger partial charge in [0.25, 0.3) is 0 Å². The normalized spacial score (nSPS) is 32.4. The van der Waals surface area contributed by atoms with Crippen molar-refractivity contribution in [1.29, 1.82) is 0 Å². The van der Waals surface area contributed by atoms with E-state index in [-0.39, 0.29) is 12.2 Å². The standard InChI is InChI=1S/C24H34N6/c1-3-30(18-7-5-4-6-8-18)14-16-9-10-20-17(11-16)12-21(28-20)19-13-22(25)29-24-23(19)26-15(2)27-24/h5,7,9-10,13,17-18,21,24,28-29H,3-4,6,8,11-12,14,25H2,1-2H3,(H,26,27). The summed E-state index contributed by atoms with van der Waals surface area (Å²) in [6.07, 6.45) is 17.5. The highest BCUT2D eigenvalue weighted by molar-refractivity contribution is 5.85. The molecule has 0 aromatic rings. The Morgan fingerprint density at radius 2 is 2.17 bits per heavy atom. The van der Waals surface area contributed by atoms with E-state index in [1.165, 1.54) is 30.5 Å². The zero-order valence-electron chi connectivity index (χ0n) is 18.1. The van der Waals surface area contributed by atoms with Gasteiger partial charge in [0.05, 0.1) is 17.6 Å². The molecule has 0 bridgehead atoms. The molecule has 1 fully saturated rings. The first kappa shape index (κ1) is 19.5. The summed E-state index contributed by atoms with van der Waals surface area (Å²) in [6, 6.07) is 0.886. The summed E-state index contributed by atoms with van der Waals surface area (Å²) in [5, 5.41) is 10.5. The Labute approximate surface area is 179 Å². The van der Waals surface area contributed by atoms with Crippen LogP contribution in [0, 0.1) is 5.92 Å². The predicted octanol–water partition coefficient (Wildman–Crippen LogP) is 2.61. The van der Waals surface area contributed by atoms with Crippen LogP contribution in [0.25, 0.3) is 0 Å². The molecule has 3 aliphatic heterocycles. The molecule has 4 atom stereocenters. The van der Waals surface area contributed by atoms with Crippen LogP contribution in [0.1, 0.15) is 46.0 Å². The summed E-state index contributed by atoms with van der Waals surface area (Å²) < 4.78 is 0. The number of rotatable bonds is 5. The molecule has 0 amide bonds. The van der Waals surface area contributed by atoms with Crippen LogP contribution in [0.15, 0.2) is 63.7 Å². The van der Waals surface area contributed by atoms with Gasteiger partial charge in [-0.25, -0.2) is 4.99 Å². The molecule has 5 aliphatic rings. The van der Waals surface area contributed by atoms with E-state index in [4.69, 9.17) is 5.73 Å². The maximum absolute atomic E-state index is 6.16. The van der Waals surface area contributed by atoms with Gasteiger partial charge in [-0.3, -0.25) is 4.90 Å². The molecule has 0 spiro atoms. The van der Waals surface area contributed by atoms with Crippen LogP contribution in [0.3, 0.4) is 0 Å². The number of amidine groups is 1. The van der Waals surface area contributed by atoms with E-state index in [9.17, 15) is 0 Å². The Balaban J connectivity index is 1.27. The van der Waals surface area contributed by atoms with Crippen molar-refractivity contribution in [3.63, 3.8) is 0 Å². The molecule has 2 aliphatic carbocycles. The van der Waals surface area contributed by atoms with Gasteiger partial charge in [-0.15, -0.1) is 0 Å². The van der Waals surface area contributed by atoms with E-state index in [1.807, 2.05) is 6.92 Å². The van der Waals surface area contributed by atoms with Gasteiger partial charge in [0.15, 0.2) is 6.17 Å². The Morgan fingerprint density at radius 1 is 1.27 bits per heavy atom. The van der Waals surface area contributed by atoms with Crippen LogP contribution < -0.4 is 21.7 Å². The number of fused-ring (bicyclic) bond motifs is 2. The fourth-order valence-electron chi connectivity index (χ4n) is 5.53. The van der Waals surface area contributed by atoms with Gasteiger partial charge in [-0.2, -0.15) is 0 Å². The highest BCUT2D eigenvalue weighted by Crippen LogP contribution is 2.38. The number of allylic oxidation sites excluding steroid dienone is 4. The van der Waals surface area contributed by atoms with Crippen LogP contribution in [-0.4, -0.2) is 42.1 Å².